The number of para-hydroxylation sites is 1. The van der Waals surface area contributed by atoms with Gasteiger partial charge in [0.25, 0.3) is 11.1 Å². The number of rotatable bonds is 4. The summed E-state index contributed by atoms with van der Waals surface area (Å²) in [5.74, 6) is -0.894. The molecule has 0 bridgehead atoms. The lowest BCUT2D eigenvalue weighted by Crippen LogP contribution is -2.36. The highest BCUT2D eigenvalue weighted by Crippen LogP contribution is 2.32. The van der Waals surface area contributed by atoms with Gasteiger partial charge in [0.1, 0.15) is 12.3 Å². The molecule has 0 atom stereocenters. The molecule has 0 aliphatic carbocycles. The van der Waals surface area contributed by atoms with Gasteiger partial charge in [0.15, 0.2) is 0 Å². The Morgan fingerprint density at radius 3 is 2.48 bits per heavy atom. The lowest BCUT2D eigenvalue weighted by Gasteiger charge is -2.15. The zero-order valence-corrected chi connectivity index (χ0v) is 15.7. The fraction of sp³-hybridized carbons (Fsp3) is 0.150. The zero-order chi connectivity index (χ0) is 19.6. The lowest BCUT2D eigenvalue weighted by atomic mass is 10.1. The molecule has 1 saturated heterocycles. The maximum atomic E-state index is 12.5. The molecule has 1 aliphatic rings. The average molecular weight is 382 g/mol. The molecule has 27 heavy (non-hydrogen) atoms. The van der Waals surface area contributed by atoms with Crippen molar-refractivity contribution in [3.05, 3.63) is 64.1 Å². The van der Waals surface area contributed by atoms with Gasteiger partial charge in [0.05, 0.1) is 4.91 Å². The predicted molar refractivity (Wildman–Crippen MR) is 105 cm³/mol. The van der Waals surface area contributed by atoms with Crippen LogP contribution in [-0.4, -0.2) is 33.6 Å². The Balaban J connectivity index is 1.73. The molecule has 7 heteroatoms. The van der Waals surface area contributed by atoms with Crippen LogP contribution >= 0.6 is 11.8 Å². The molecule has 6 nitrogen and oxygen atoms in total. The topological polar surface area (TPSA) is 86.7 Å². The first-order valence-electron chi connectivity index (χ1n) is 8.25. The number of imide groups is 1. The van der Waals surface area contributed by atoms with E-state index in [4.69, 9.17) is 0 Å². The van der Waals surface area contributed by atoms with Crippen molar-refractivity contribution in [2.45, 2.75) is 13.8 Å². The van der Waals surface area contributed by atoms with Crippen LogP contribution in [0, 0.1) is 13.8 Å². The third-order valence-corrected chi connectivity index (χ3v) is 5.00. The summed E-state index contributed by atoms with van der Waals surface area (Å²) in [5.41, 5.74) is 3.09. The summed E-state index contributed by atoms with van der Waals surface area (Å²) in [5, 5.41) is 11.8. The van der Waals surface area contributed by atoms with E-state index < -0.39 is 17.1 Å². The van der Waals surface area contributed by atoms with Crippen LogP contribution in [0.5, 0.6) is 5.75 Å². The van der Waals surface area contributed by atoms with Crippen LogP contribution in [0.3, 0.4) is 0 Å². The number of anilines is 1. The van der Waals surface area contributed by atoms with E-state index in [1.807, 2.05) is 32.0 Å². The first kappa shape index (κ1) is 18.7. The number of hydrogen-bond acceptors (Lipinski definition) is 5. The third-order valence-electron chi connectivity index (χ3n) is 4.09. The minimum Gasteiger partial charge on any atom is -0.508 e. The van der Waals surface area contributed by atoms with Crippen molar-refractivity contribution in [2.75, 3.05) is 11.9 Å². The highest BCUT2D eigenvalue weighted by Gasteiger charge is 2.36. The van der Waals surface area contributed by atoms with Crippen molar-refractivity contribution in [2.24, 2.45) is 0 Å². The number of thioether (sulfide) groups is 1. The number of aryl methyl sites for hydroxylation is 2. The number of nitrogens with one attached hydrogen (secondary N) is 1. The van der Waals surface area contributed by atoms with Gasteiger partial charge in [-0.1, -0.05) is 30.3 Å². The second-order valence-corrected chi connectivity index (χ2v) is 7.17. The van der Waals surface area contributed by atoms with Crippen molar-refractivity contribution < 1.29 is 19.5 Å². The predicted octanol–water partition coefficient (Wildman–Crippen LogP) is 3.68. The maximum Gasteiger partial charge on any atom is 0.294 e. The molecule has 1 heterocycles. The molecule has 0 unspecified atom stereocenters. The first-order chi connectivity index (χ1) is 12.8. The van der Waals surface area contributed by atoms with Crippen LogP contribution in [-0.2, 0) is 9.59 Å². The summed E-state index contributed by atoms with van der Waals surface area (Å²) in [6.07, 6.45) is 1.52. The van der Waals surface area contributed by atoms with Gasteiger partial charge < -0.3 is 10.4 Å². The standard InChI is InChI=1S/C20H18N2O4S/c1-12-5-3-6-13(2)18(12)21-17(24)11-22-19(25)16(27-20(22)26)10-14-7-4-8-15(23)9-14/h3-10,23H,11H2,1-2H3,(H,21,24)/b16-10+. The van der Waals surface area contributed by atoms with Crippen molar-refractivity contribution >= 4 is 40.6 Å². The van der Waals surface area contributed by atoms with Gasteiger partial charge in [-0.05, 0) is 60.5 Å². The Kier molecular flexibility index (Phi) is 5.32. The Morgan fingerprint density at radius 2 is 1.81 bits per heavy atom. The summed E-state index contributed by atoms with van der Waals surface area (Å²) in [6, 6.07) is 12.0. The maximum absolute atomic E-state index is 12.5. The molecule has 138 valence electrons. The monoisotopic (exact) mass is 382 g/mol. The van der Waals surface area contributed by atoms with E-state index in [0.717, 1.165) is 27.8 Å². The normalized spacial score (nSPS) is 15.5. The van der Waals surface area contributed by atoms with E-state index in [-0.39, 0.29) is 17.2 Å². The van der Waals surface area contributed by atoms with Crippen molar-refractivity contribution in [3.8, 4) is 5.75 Å². The second-order valence-electron chi connectivity index (χ2n) is 6.18. The molecular weight excluding hydrogens is 364 g/mol. The summed E-state index contributed by atoms with van der Waals surface area (Å²) < 4.78 is 0. The first-order valence-corrected chi connectivity index (χ1v) is 9.07. The Morgan fingerprint density at radius 1 is 1.15 bits per heavy atom. The Bertz CT molecular complexity index is 948. The molecule has 1 aliphatic heterocycles. The van der Waals surface area contributed by atoms with E-state index in [1.54, 1.807) is 12.1 Å². The SMILES string of the molecule is Cc1cccc(C)c1NC(=O)CN1C(=O)S/C(=C/c2cccc(O)c2)C1=O. The van der Waals surface area contributed by atoms with Crippen LogP contribution in [0.25, 0.3) is 6.08 Å². The second kappa shape index (κ2) is 7.67. The van der Waals surface area contributed by atoms with Gasteiger partial charge in [0.2, 0.25) is 5.91 Å². The highest BCUT2D eigenvalue weighted by atomic mass is 32.2. The molecule has 0 saturated carbocycles. The fourth-order valence-electron chi connectivity index (χ4n) is 2.74. The molecule has 0 radical (unpaired) electrons. The number of carbonyl (C=O) groups is 3. The third kappa shape index (κ3) is 4.20. The molecule has 3 amide bonds. The van der Waals surface area contributed by atoms with Crippen molar-refractivity contribution in [1.29, 1.82) is 0 Å². The molecule has 1 fully saturated rings. The summed E-state index contributed by atoms with van der Waals surface area (Å²) >= 11 is 0.774. The average Bonchev–Trinajstić information content (AvgIpc) is 2.86. The smallest absolute Gasteiger partial charge is 0.294 e. The van der Waals surface area contributed by atoms with E-state index >= 15 is 0 Å². The van der Waals surface area contributed by atoms with Crippen LogP contribution in [0.2, 0.25) is 0 Å². The van der Waals surface area contributed by atoms with E-state index in [1.165, 1.54) is 18.2 Å². The van der Waals surface area contributed by atoms with Gasteiger partial charge in [-0.15, -0.1) is 0 Å². The van der Waals surface area contributed by atoms with Crippen LogP contribution in [0.4, 0.5) is 10.5 Å². The number of hydrogen-bond donors (Lipinski definition) is 2. The van der Waals surface area contributed by atoms with E-state index in [9.17, 15) is 19.5 Å². The lowest BCUT2D eigenvalue weighted by molar-refractivity contribution is -0.127. The zero-order valence-electron chi connectivity index (χ0n) is 14.9. The number of benzene rings is 2. The van der Waals surface area contributed by atoms with Crippen LogP contribution < -0.4 is 5.32 Å². The molecule has 0 aromatic heterocycles. The van der Waals surface area contributed by atoms with Crippen molar-refractivity contribution in [3.63, 3.8) is 0 Å². The Labute approximate surface area is 160 Å². The largest absolute Gasteiger partial charge is 0.508 e. The van der Waals surface area contributed by atoms with Gasteiger partial charge >= 0.3 is 0 Å². The number of nitrogens with zero attached hydrogens (tertiary/aromatic N) is 1. The van der Waals surface area contributed by atoms with Crippen molar-refractivity contribution in [1.82, 2.24) is 4.90 Å². The van der Waals surface area contributed by atoms with Gasteiger partial charge in [-0.2, -0.15) is 0 Å². The van der Waals surface area contributed by atoms with E-state index in [0.29, 0.717) is 11.3 Å². The molecule has 2 aromatic carbocycles. The summed E-state index contributed by atoms with van der Waals surface area (Å²) in [6.45, 7) is 3.40. The number of carbonyl (C=O) groups excluding carboxylic acids is 3. The van der Waals surface area contributed by atoms with Gasteiger partial charge in [-0.3, -0.25) is 19.3 Å². The summed E-state index contributed by atoms with van der Waals surface area (Å²) in [4.78, 5) is 38.2. The molecule has 2 aromatic rings. The van der Waals surface area contributed by atoms with Crippen LogP contribution in [0.1, 0.15) is 16.7 Å². The molecule has 0 spiro atoms. The number of aromatic hydroxyl groups is 1. The minimum atomic E-state index is -0.523. The Hall–Kier alpha value is -3.06. The molecular formula is C20H18N2O4S. The van der Waals surface area contributed by atoms with Gasteiger partial charge in [0, 0.05) is 5.69 Å². The highest BCUT2D eigenvalue weighted by molar-refractivity contribution is 8.18. The fourth-order valence-corrected chi connectivity index (χ4v) is 3.57. The van der Waals surface area contributed by atoms with Gasteiger partial charge in [-0.25, -0.2) is 0 Å². The molecule has 3 rings (SSSR count). The summed E-state index contributed by atoms with van der Waals surface area (Å²) in [7, 11) is 0. The number of phenolic OH excluding ortho intramolecular Hbond substituents is 1. The van der Waals surface area contributed by atoms with E-state index in [2.05, 4.69) is 5.32 Å². The quantitative estimate of drug-likeness (QED) is 0.788. The minimum absolute atomic E-state index is 0.0657. The molecule has 2 N–H and O–H groups in total. The van der Waals surface area contributed by atoms with Crippen LogP contribution in [0.15, 0.2) is 47.4 Å². The number of amides is 3. The number of phenols is 1.